The van der Waals surface area contributed by atoms with Crippen molar-refractivity contribution in [1.82, 2.24) is 9.80 Å². The average Bonchev–Trinajstić information content (AvgIpc) is 2.61. The summed E-state index contributed by atoms with van der Waals surface area (Å²) in [6.07, 6.45) is 2.38. The van der Waals surface area contributed by atoms with Crippen LogP contribution in [0.3, 0.4) is 0 Å². The van der Waals surface area contributed by atoms with Gasteiger partial charge >= 0.3 is 5.97 Å². The molecule has 4 nitrogen and oxygen atoms in total. The molecule has 4 heteroatoms. The fourth-order valence-electron chi connectivity index (χ4n) is 2.98. The molecule has 2 aliphatic heterocycles. The van der Waals surface area contributed by atoms with E-state index in [1.807, 2.05) is 0 Å². The molecule has 0 aromatic heterocycles. The highest BCUT2D eigenvalue weighted by Crippen LogP contribution is 2.28. The summed E-state index contributed by atoms with van der Waals surface area (Å²) in [4.78, 5) is 15.8. The van der Waals surface area contributed by atoms with Crippen molar-refractivity contribution < 1.29 is 9.90 Å². The molecular weight excluding hydrogens is 204 g/mol. The van der Waals surface area contributed by atoms with Gasteiger partial charge in [0.1, 0.15) is 0 Å². The van der Waals surface area contributed by atoms with E-state index in [-0.39, 0.29) is 5.92 Å². The molecule has 0 amide bonds. The van der Waals surface area contributed by atoms with Gasteiger partial charge in [-0.2, -0.15) is 0 Å². The molecule has 2 atom stereocenters. The van der Waals surface area contributed by atoms with Crippen molar-refractivity contribution in [3.8, 4) is 0 Å². The van der Waals surface area contributed by atoms with Gasteiger partial charge < -0.3 is 10.0 Å². The Balaban J connectivity index is 1.90. The van der Waals surface area contributed by atoms with Gasteiger partial charge in [0.15, 0.2) is 0 Å². The maximum atomic E-state index is 11.1. The lowest BCUT2D eigenvalue weighted by molar-refractivity contribution is -0.142. The molecule has 2 saturated heterocycles. The zero-order chi connectivity index (χ0) is 11.7. The topological polar surface area (TPSA) is 43.8 Å². The SMILES string of the molecule is CC1CN(C2CCN(C)CC2)CC1C(=O)O. The number of hydrogen-bond donors (Lipinski definition) is 1. The number of carboxylic acid groups (broad SMARTS) is 1. The smallest absolute Gasteiger partial charge is 0.308 e. The molecule has 2 unspecified atom stereocenters. The molecule has 0 aliphatic carbocycles. The summed E-state index contributed by atoms with van der Waals surface area (Å²) in [6, 6.07) is 0.614. The van der Waals surface area contributed by atoms with E-state index >= 15 is 0 Å². The van der Waals surface area contributed by atoms with Crippen LogP contribution >= 0.6 is 0 Å². The van der Waals surface area contributed by atoms with Crippen molar-refractivity contribution in [2.75, 3.05) is 33.2 Å². The Morgan fingerprint density at radius 1 is 1.25 bits per heavy atom. The van der Waals surface area contributed by atoms with E-state index in [2.05, 4.69) is 23.8 Å². The van der Waals surface area contributed by atoms with Gasteiger partial charge in [-0.1, -0.05) is 6.92 Å². The average molecular weight is 226 g/mol. The van der Waals surface area contributed by atoms with Crippen LogP contribution in [0.1, 0.15) is 19.8 Å². The second-order valence-corrected chi connectivity index (χ2v) is 5.41. The van der Waals surface area contributed by atoms with Gasteiger partial charge in [-0.25, -0.2) is 0 Å². The van der Waals surface area contributed by atoms with Crippen molar-refractivity contribution in [2.24, 2.45) is 11.8 Å². The first kappa shape index (κ1) is 11.9. The van der Waals surface area contributed by atoms with E-state index in [0.29, 0.717) is 12.0 Å². The number of rotatable bonds is 2. The van der Waals surface area contributed by atoms with Crippen molar-refractivity contribution in [3.63, 3.8) is 0 Å². The van der Waals surface area contributed by atoms with Crippen LogP contribution in [0.25, 0.3) is 0 Å². The fraction of sp³-hybridized carbons (Fsp3) is 0.917. The maximum absolute atomic E-state index is 11.1. The van der Waals surface area contributed by atoms with Crippen LogP contribution in [-0.2, 0) is 4.79 Å². The molecule has 16 heavy (non-hydrogen) atoms. The number of carbonyl (C=O) groups is 1. The van der Waals surface area contributed by atoms with Gasteiger partial charge in [0.25, 0.3) is 0 Å². The summed E-state index contributed by atoms with van der Waals surface area (Å²) in [6.45, 7) is 6.07. The molecule has 2 rings (SSSR count). The second-order valence-electron chi connectivity index (χ2n) is 5.41. The molecule has 0 radical (unpaired) electrons. The zero-order valence-corrected chi connectivity index (χ0v) is 10.2. The summed E-state index contributed by atoms with van der Waals surface area (Å²) in [5.74, 6) is -0.472. The van der Waals surface area contributed by atoms with Crippen LogP contribution in [0.5, 0.6) is 0 Å². The minimum Gasteiger partial charge on any atom is -0.481 e. The number of piperidine rings is 1. The maximum Gasteiger partial charge on any atom is 0.308 e. The number of nitrogens with zero attached hydrogens (tertiary/aromatic N) is 2. The predicted octanol–water partition coefficient (Wildman–Crippen LogP) is 0.733. The van der Waals surface area contributed by atoms with E-state index < -0.39 is 5.97 Å². The van der Waals surface area contributed by atoms with E-state index in [0.717, 1.165) is 26.2 Å². The molecule has 0 spiro atoms. The van der Waals surface area contributed by atoms with Crippen molar-refractivity contribution >= 4 is 5.97 Å². The highest BCUT2D eigenvalue weighted by molar-refractivity contribution is 5.71. The lowest BCUT2D eigenvalue weighted by atomic mass is 9.99. The largest absolute Gasteiger partial charge is 0.481 e. The predicted molar refractivity (Wildman–Crippen MR) is 62.4 cm³/mol. The minimum atomic E-state index is -0.622. The third-order valence-corrected chi connectivity index (χ3v) is 4.16. The molecular formula is C12H22N2O2. The fourth-order valence-corrected chi connectivity index (χ4v) is 2.98. The summed E-state index contributed by atoms with van der Waals surface area (Å²) in [5.41, 5.74) is 0. The Bertz CT molecular complexity index is 262. The quantitative estimate of drug-likeness (QED) is 0.754. The van der Waals surface area contributed by atoms with E-state index in [9.17, 15) is 4.79 Å². The van der Waals surface area contributed by atoms with Crippen LogP contribution < -0.4 is 0 Å². The van der Waals surface area contributed by atoms with Gasteiger partial charge in [-0.3, -0.25) is 9.69 Å². The van der Waals surface area contributed by atoms with Crippen molar-refractivity contribution in [3.05, 3.63) is 0 Å². The van der Waals surface area contributed by atoms with Gasteiger partial charge in [0.2, 0.25) is 0 Å². The van der Waals surface area contributed by atoms with Crippen LogP contribution in [0.4, 0.5) is 0 Å². The number of aliphatic carboxylic acids is 1. The number of carboxylic acids is 1. The lowest BCUT2D eigenvalue weighted by Gasteiger charge is -2.35. The molecule has 92 valence electrons. The van der Waals surface area contributed by atoms with Crippen LogP contribution in [-0.4, -0.2) is 60.1 Å². The highest BCUT2D eigenvalue weighted by atomic mass is 16.4. The summed E-state index contributed by atoms with van der Waals surface area (Å²) in [5, 5.41) is 9.11. The molecule has 0 aromatic carbocycles. The van der Waals surface area contributed by atoms with Crippen LogP contribution in [0.15, 0.2) is 0 Å². The minimum absolute atomic E-state index is 0.153. The van der Waals surface area contributed by atoms with Gasteiger partial charge in [0.05, 0.1) is 5.92 Å². The lowest BCUT2D eigenvalue weighted by Crippen LogP contribution is -2.43. The summed E-state index contributed by atoms with van der Waals surface area (Å²) >= 11 is 0. The zero-order valence-electron chi connectivity index (χ0n) is 10.2. The van der Waals surface area contributed by atoms with Gasteiger partial charge in [-0.05, 0) is 38.9 Å². The third kappa shape index (κ3) is 2.38. The first-order valence-electron chi connectivity index (χ1n) is 6.23. The molecule has 0 bridgehead atoms. The van der Waals surface area contributed by atoms with E-state index in [1.165, 1.54) is 12.8 Å². The van der Waals surface area contributed by atoms with Crippen LogP contribution in [0, 0.1) is 11.8 Å². The van der Waals surface area contributed by atoms with E-state index in [1.54, 1.807) is 0 Å². The Labute approximate surface area is 97.2 Å². The Hall–Kier alpha value is -0.610. The second kappa shape index (κ2) is 4.72. The Morgan fingerprint density at radius 2 is 1.88 bits per heavy atom. The standard InChI is InChI=1S/C12H22N2O2/c1-9-7-14(8-11(9)12(15)16)10-3-5-13(2)6-4-10/h9-11H,3-8H2,1-2H3,(H,15,16). The van der Waals surface area contributed by atoms with Gasteiger partial charge in [0, 0.05) is 19.1 Å². The summed E-state index contributed by atoms with van der Waals surface area (Å²) < 4.78 is 0. The van der Waals surface area contributed by atoms with Gasteiger partial charge in [-0.15, -0.1) is 0 Å². The highest BCUT2D eigenvalue weighted by Gasteiger charge is 2.38. The first-order chi connectivity index (χ1) is 7.58. The molecule has 0 saturated carbocycles. The monoisotopic (exact) mass is 226 g/mol. The summed E-state index contributed by atoms with van der Waals surface area (Å²) in [7, 11) is 2.16. The van der Waals surface area contributed by atoms with Crippen LogP contribution in [0.2, 0.25) is 0 Å². The molecule has 0 aromatic rings. The molecule has 2 aliphatic rings. The Morgan fingerprint density at radius 3 is 2.38 bits per heavy atom. The van der Waals surface area contributed by atoms with Crippen molar-refractivity contribution in [2.45, 2.75) is 25.8 Å². The normalized spacial score (nSPS) is 34.4. The number of hydrogen-bond acceptors (Lipinski definition) is 3. The molecule has 2 heterocycles. The first-order valence-corrected chi connectivity index (χ1v) is 6.23. The molecule has 2 fully saturated rings. The van der Waals surface area contributed by atoms with Crippen molar-refractivity contribution in [1.29, 1.82) is 0 Å². The molecule has 1 N–H and O–H groups in total. The number of likely N-dealkylation sites (tertiary alicyclic amines) is 2. The van der Waals surface area contributed by atoms with E-state index in [4.69, 9.17) is 5.11 Å². The third-order valence-electron chi connectivity index (χ3n) is 4.16. The Kier molecular flexibility index (Phi) is 3.50.